The van der Waals surface area contributed by atoms with E-state index < -0.39 is 0 Å². The highest BCUT2D eigenvalue weighted by Gasteiger charge is 2.12. The lowest BCUT2D eigenvalue weighted by Gasteiger charge is -2.07. The molecule has 1 N–H and O–H groups in total. The average molecular weight is 290 g/mol. The van der Waals surface area contributed by atoms with E-state index >= 15 is 0 Å². The van der Waals surface area contributed by atoms with Crippen molar-refractivity contribution < 1.29 is 9.84 Å². The van der Waals surface area contributed by atoms with Crippen LogP contribution in [0.25, 0.3) is 10.9 Å². The van der Waals surface area contributed by atoms with Crippen molar-refractivity contribution in [3.05, 3.63) is 21.8 Å². The van der Waals surface area contributed by atoms with E-state index in [1.807, 2.05) is 0 Å². The molecule has 0 amide bonds. The van der Waals surface area contributed by atoms with Gasteiger partial charge in [-0.2, -0.15) is 4.98 Å². The van der Waals surface area contributed by atoms with Crippen molar-refractivity contribution in [2.75, 3.05) is 7.11 Å². The summed E-state index contributed by atoms with van der Waals surface area (Å²) >= 11 is 9.34. The molecule has 0 fully saturated rings. The summed E-state index contributed by atoms with van der Waals surface area (Å²) in [5.41, 5.74) is 0.484. The van der Waals surface area contributed by atoms with Crippen molar-refractivity contribution in [2.24, 2.45) is 0 Å². The summed E-state index contributed by atoms with van der Waals surface area (Å²) in [7, 11) is 1.52. The summed E-state index contributed by atoms with van der Waals surface area (Å²) in [6.07, 6.45) is 1.45. The number of aromatic nitrogens is 2. The number of benzene rings is 1. The lowest BCUT2D eigenvalue weighted by molar-refractivity contribution is 0.413. The molecule has 1 aromatic heterocycles. The first-order chi connectivity index (χ1) is 7.13. The largest absolute Gasteiger partial charge is 0.494 e. The number of halogens is 2. The number of hydrogen-bond acceptors (Lipinski definition) is 4. The molecule has 4 nitrogen and oxygen atoms in total. The van der Waals surface area contributed by atoms with Gasteiger partial charge in [0.25, 0.3) is 0 Å². The standard InChI is InChI=1S/C9H6BrClN2O2/c1-15-6-2-5(10)7(11)4-3-12-9(14)13-8(4)6/h2-3H,1H3,(H,12,13,14). The van der Waals surface area contributed by atoms with Crippen LogP contribution in [-0.4, -0.2) is 22.2 Å². The van der Waals surface area contributed by atoms with Crippen molar-refractivity contribution in [3.8, 4) is 11.8 Å². The maximum Gasteiger partial charge on any atom is 0.314 e. The molecule has 2 aromatic rings. The van der Waals surface area contributed by atoms with Gasteiger partial charge in [0.1, 0.15) is 11.3 Å². The molecule has 0 radical (unpaired) electrons. The Bertz CT molecular complexity index is 533. The van der Waals surface area contributed by atoms with E-state index in [0.29, 0.717) is 26.1 Å². The fourth-order valence-corrected chi connectivity index (χ4v) is 1.87. The van der Waals surface area contributed by atoms with Crippen LogP contribution in [0.4, 0.5) is 0 Å². The molecule has 0 bridgehead atoms. The van der Waals surface area contributed by atoms with Crippen molar-refractivity contribution in [3.63, 3.8) is 0 Å². The fourth-order valence-electron chi connectivity index (χ4n) is 1.25. The van der Waals surface area contributed by atoms with Crippen LogP contribution in [0.5, 0.6) is 11.8 Å². The van der Waals surface area contributed by atoms with Gasteiger partial charge < -0.3 is 9.84 Å². The molecule has 0 unspecified atom stereocenters. The zero-order valence-electron chi connectivity index (χ0n) is 7.66. The Labute approximate surface area is 99.0 Å². The van der Waals surface area contributed by atoms with E-state index in [2.05, 4.69) is 25.9 Å². The summed E-state index contributed by atoms with van der Waals surface area (Å²) in [6.45, 7) is 0. The summed E-state index contributed by atoms with van der Waals surface area (Å²) in [6, 6.07) is 1.39. The Morgan fingerprint density at radius 1 is 1.53 bits per heavy atom. The highest BCUT2D eigenvalue weighted by Crippen LogP contribution is 2.36. The summed E-state index contributed by atoms with van der Waals surface area (Å²) in [5, 5.41) is 10.3. The molecule has 0 aliphatic rings. The molecule has 0 aliphatic heterocycles. The predicted octanol–water partition coefficient (Wildman–Crippen LogP) is 2.76. The van der Waals surface area contributed by atoms with Gasteiger partial charge >= 0.3 is 6.01 Å². The molecule has 0 aliphatic carbocycles. The number of ether oxygens (including phenoxy) is 1. The third-order valence-electron chi connectivity index (χ3n) is 1.93. The molecule has 0 saturated carbocycles. The van der Waals surface area contributed by atoms with E-state index in [4.69, 9.17) is 16.3 Å². The van der Waals surface area contributed by atoms with Crippen LogP contribution in [0.3, 0.4) is 0 Å². The second-order valence-electron chi connectivity index (χ2n) is 2.81. The maximum absolute atomic E-state index is 9.18. The number of aromatic hydroxyl groups is 1. The quantitative estimate of drug-likeness (QED) is 0.877. The Balaban J connectivity index is 2.90. The number of rotatable bonds is 1. The molecule has 0 atom stereocenters. The molecule has 2 rings (SSSR count). The minimum atomic E-state index is -0.306. The van der Waals surface area contributed by atoms with Crippen molar-refractivity contribution in [2.45, 2.75) is 0 Å². The van der Waals surface area contributed by atoms with Crippen LogP contribution in [0.1, 0.15) is 0 Å². The maximum atomic E-state index is 9.18. The molecule has 6 heteroatoms. The molecule has 15 heavy (non-hydrogen) atoms. The highest BCUT2D eigenvalue weighted by atomic mass is 79.9. The Morgan fingerprint density at radius 3 is 2.93 bits per heavy atom. The van der Waals surface area contributed by atoms with E-state index in [9.17, 15) is 5.11 Å². The monoisotopic (exact) mass is 288 g/mol. The van der Waals surface area contributed by atoms with Gasteiger partial charge in [-0.3, -0.25) is 0 Å². The van der Waals surface area contributed by atoms with Gasteiger partial charge in [0.05, 0.1) is 12.1 Å². The SMILES string of the molecule is COc1cc(Br)c(Cl)c2cnc(O)nc12. The molecule has 1 aromatic carbocycles. The first-order valence-corrected chi connectivity index (χ1v) is 5.18. The summed E-state index contributed by atoms with van der Waals surface area (Å²) in [4.78, 5) is 7.53. The van der Waals surface area contributed by atoms with Crippen LogP contribution < -0.4 is 4.74 Å². The van der Waals surface area contributed by atoms with Gasteiger partial charge in [0.15, 0.2) is 0 Å². The summed E-state index contributed by atoms with van der Waals surface area (Å²) < 4.78 is 5.83. The molecule has 1 heterocycles. The lowest BCUT2D eigenvalue weighted by Crippen LogP contribution is -1.91. The van der Waals surface area contributed by atoms with Crippen LogP contribution in [0.15, 0.2) is 16.7 Å². The normalized spacial score (nSPS) is 10.6. The third kappa shape index (κ3) is 1.72. The zero-order valence-corrected chi connectivity index (χ0v) is 10.0. The zero-order chi connectivity index (χ0) is 11.0. The molecular weight excluding hydrogens is 283 g/mol. The van der Waals surface area contributed by atoms with E-state index in [-0.39, 0.29) is 6.01 Å². The van der Waals surface area contributed by atoms with Gasteiger partial charge in [-0.1, -0.05) is 11.6 Å². The van der Waals surface area contributed by atoms with Gasteiger partial charge in [-0.15, -0.1) is 0 Å². The lowest BCUT2D eigenvalue weighted by atomic mass is 10.2. The van der Waals surface area contributed by atoms with E-state index in [0.717, 1.165) is 0 Å². The van der Waals surface area contributed by atoms with Gasteiger partial charge in [-0.25, -0.2) is 4.98 Å². The van der Waals surface area contributed by atoms with E-state index in [1.165, 1.54) is 13.3 Å². The minimum absolute atomic E-state index is 0.306. The first-order valence-electron chi connectivity index (χ1n) is 4.01. The average Bonchev–Trinajstić information content (AvgIpc) is 2.23. The second-order valence-corrected chi connectivity index (χ2v) is 4.04. The summed E-state index contributed by atoms with van der Waals surface area (Å²) in [5.74, 6) is 0.527. The Kier molecular flexibility index (Phi) is 2.67. The number of fused-ring (bicyclic) bond motifs is 1. The predicted molar refractivity (Wildman–Crippen MR) is 60.5 cm³/mol. The van der Waals surface area contributed by atoms with Gasteiger partial charge in [-0.05, 0) is 22.0 Å². The minimum Gasteiger partial charge on any atom is -0.494 e. The Morgan fingerprint density at radius 2 is 2.27 bits per heavy atom. The molecular formula is C9H6BrClN2O2. The van der Waals surface area contributed by atoms with Gasteiger partial charge in [0.2, 0.25) is 0 Å². The van der Waals surface area contributed by atoms with Crippen LogP contribution >= 0.6 is 27.5 Å². The number of hydrogen-bond donors (Lipinski definition) is 1. The van der Waals surface area contributed by atoms with E-state index in [1.54, 1.807) is 6.07 Å². The molecule has 0 spiro atoms. The second kappa shape index (κ2) is 3.83. The topological polar surface area (TPSA) is 55.2 Å². The molecule has 78 valence electrons. The molecule has 0 saturated heterocycles. The first kappa shape index (κ1) is 10.4. The van der Waals surface area contributed by atoms with Crippen LogP contribution in [0, 0.1) is 0 Å². The number of nitrogens with zero attached hydrogens (tertiary/aromatic N) is 2. The third-order valence-corrected chi connectivity index (χ3v) is 3.19. The van der Waals surface area contributed by atoms with Crippen LogP contribution in [0.2, 0.25) is 5.02 Å². The van der Waals surface area contributed by atoms with Crippen molar-refractivity contribution in [1.29, 1.82) is 0 Å². The fraction of sp³-hybridized carbons (Fsp3) is 0.111. The van der Waals surface area contributed by atoms with Crippen molar-refractivity contribution in [1.82, 2.24) is 9.97 Å². The van der Waals surface area contributed by atoms with Gasteiger partial charge in [0, 0.05) is 16.1 Å². The van der Waals surface area contributed by atoms with Crippen LogP contribution in [-0.2, 0) is 0 Å². The highest BCUT2D eigenvalue weighted by molar-refractivity contribution is 9.10. The number of methoxy groups -OCH3 is 1. The Hall–Kier alpha value is -1.07. The van der Waals surface area contributed by atoms with Crippen molar-refractivity contribution >= 4 is 38.4 Å². The smallest absolute Gasteiger partial charge is 0.314 e.